The van der Waals surface area contributed by atoms with Gasteiger partial charge in [-0.05, 0) is 126 Å². The number of rotatable bonds is 13. The van der Waals surface area contributed by atoms with E-state index in [1.807, 2.05) is 41.3 Å². The van der Waals surface area contributed by atoms with E-state index in [2.05, 4.69) is 71.7 Å². The lowest BCUT2D eigenvalue weighted by molar-refractivity contribution is -0.384. The van der Waals surface area contributed by atoms with Crippen molar-refractivity contribution in [3.63, 3.8) is 0 Å². The number of hydrogen-bond donors (Lipinski definition) is 7. The van der Waals surface area contributed by atoms with Crippen LogP contribution in [-0.2, 0) is 0 Å². The van der Waals surface area contributed by atoms with E-state index in [1.54, 1.807) is 12.1 Å². The quantitative estimate of drug-likeness (QED) is 0.0322. The maximum atomic E-state index is 13.3. The first-order chi connectivity index (χ1) is 37.0. The minimum atomic E-state index is -0.631. The number of nitrogens with zero attached hydrogens (tertiary/aromatic N) is 9. The minimum Gasteiger partial charge on any atom is -0.393 e. The van der Waals surface area contributed by atoms with Gasteiger partial charge in [0.15, 0.2) is 10.3 Å². The summed E-state index contributed by atoms with van der Waals surface area (Å²) in [4.78, 5) is 68.1. The molecule has 4 aliphatic rings. The number of carbonyl (C=O) groups is 2. The summed E-state index contributed by atoms with van der Waals surface area (Å²) in [7, 11) is 4.25. The minimum absolute atomic E-state index is 0. The third kappa shape index (κ3) is 16.5. The molecule has 0 aliphatic carbocycles. The van der Waals surface area contributed by atoms with Crippen molar-refractivity contribution in [3.05, 3.63) is 131 Å². The molecule has 0 radical (unpaired) electrons. The summed E-state index contributed by atoms with van der Waals surface area (Å²) < 4.78 is 0. The van der Waals surface area contributed by atoms with Crippen molar-refractivity contribution >= 4 is 108 Å². The predicted molar refractivity (Wildman–Crippen MR) is 326 cm³/mol. The van der Waals surface area contributed by atoms with E-state index in [1.165, 1.54) is 18.2 Å². The fourth-order valence-corrected chi connectivity index (χ4v) is 11.0. The Bertz CT molecular complexity index is 3010. The molecule has 9 N–H and O–H groups in total. The fraction of sp³-hybridized carbons (Fsp3) is 0.418. The zero-order valence-electron chi connectivity index (χ0n) is 42.8. The van der Waals surface area contributed by atoms with Gasteiger partial charge in [-0.3, -0.25) is 29.8 Å². The normalized spacial score (nSPS) is 16.0. The van der Waals surface area contributed by atoms with Gasteiger partial charge in [0.1, 0.15) is 32.1 Å². The molecule has 432 valence electrons. The number of aromatic nitrogens is 2. The van der Waals surface area contributed by atoms with Crippen LogP contribution in [0.4, 0.5) is 61.7 Å². The first-order valence-corrected chi connectivity index (χ1v) is 27.3. The van der Waals surface area contributed by atoms with Crippen molar-refractivity contribution in [2.24, 2.45) is 0 Å². The summed E-state index contributed by atoms with van der Waals surface area (Å²) in [6, 6.07) is 24.4. The summed E-state index contributed by atoms with van der Waals surface area (Å²) in [5.41, 5.74) is 16.3. The summed E-state index contributed by atoms with van der Waals surface area (Å²) in [6.07, 6.45) is 2.53. The Morgan fingerprint density at radius 1 is 0.600 bits per heavy atom. The molecular weight excluding hydrogens is 1080 g/mol. The summed E-state index contributed by atoms with van der Waals surface area (Å²) in [5, 5.41) is 52.0. The SMILES string of the molecule is C.C.C.CN1CCN(c2ccc(Nc3nc(N)c(C(=O)c4ccc(Cl)c([N+](=O)[O-])c4)s3)cc2)CC1.CN1CCN(c2ccc(Nc3nc(N)c(C(=O)c4ccc(N5CCC(O)CC5)c([N+](=O)[O-])c4)s3)cc2)CC1.OC1CCNCC1. The number of carbonyl (C=O) groups excluding carboxylic acids is 2. The van der Waals surface area contributed by atoms with E-state index >= 15 is 0 Å². The number of nitro benzene ring substituents is 2. The Kier molecular flexibility index (Phi) is 23.5. The van der Waals surface area contributed by atoms with Gasteiger partial charge in [0.05, 0.1) is 22.1 Å². The number of nitrogens with two attached hydrogens (primary N) is 2. The topological polar surface area (TPSA) is 291 Å². The Morgan fingerprint density at radius 3 is 1.40 bits per heavy atom. The molecular formula is C55H75ClN14O8S2. The number of benzene rings is 4. The average Bonchev–Trinajstić information content (AvgIpc) is 4.01. The number of ketones is 2. The molecule has 4 aromatic carbocycles. The number of thiazole rings is 2. The maximum absolute atomic E-state index is 13.3. The first kappa shape index (κ1) is 63.8. The molecule has 10 rings (SSSR count). The molecule has 0 unspecified atom stereocenters. The third-order valence-corrected chi connectivity index (χ3v) is 15.9. The zero-order valence-corrected chi connectivity index (χ0v) is 45.2. The third-order valence-electron chi connectivity index (χ3n) is 13.6. The van der Waals surface area contributed by atoms with Crippen LogP contribution in [-0.4, -0.2) is 156 Å². The Morgan fingerprint density at radius 2 is 1.00 bits per heavy atom. The Balaban J connectivity index is 0.000000256. The molecule has 6 heterocycles. The number of likely N-dealkylation sites (N-methyl/N-ethyl adjacent to an activating group) is 2. The summed E-state index contributed by atoms with van der Waals surface area (Å²) in [5.74, 6) is -0.720. The van der Waals surface area contributed by atoms with Crippen LogP contribution in [0.1, 0.15) is 78.4 Å². The highest BCUT2D eigenvalue weighted by Crippen LogP contribution is 2.36. The van der Waals surface area contributed by atoms with Crippen LogP contribution in [0.25, 0.3) is 0 Å². The number of aliphatic hydroxyl groups excluding tert-OH is 2. The van der Waals surface area contributed by atoms with Crippen LogP contribution in [0.15, 0.2) is 84.9 Å². The van der Waals surface area contributed by atoms with Crippen molar-refractivity contribution in [1.82, 2.24) is 25.1 Å². The molecule has 0 atom stereocenters. The van der Waals surface area contributed by atoms with Gasteiger partial charge in [-0.1, -0.05) is 56.6 Å². The molecule has 80 heavy (non-hydrogen) atoms. The van der Waals surface area contributed by atoms with Gasteiger partial charge in [0.2, 0.25) is 11.6 Å². The summed E-state index contributed by atoms with van der Waals surface area (Å²) >= 11 is 8.04. The van der Waals surface area contributed by atoms with Gasteiger partial charge in [0, 0.05) is 111 Å². The highest BCUT2D eigenvalue weighted by molar-refractivity contribution is 7.18. The van der Waals surface area contributed by atoms with Crippen LogP contribution in [0.5, 0.6) is 0 Å². The van der Waals surface area contributed by atoms with Crippen LogP contribution >= 0.6 is 34.3 Å². The molecule has 0 bridgehead atoms. The Labute approximate surface area is 480 Å². The second kappa shape index (κ2) is 29.4. The molecule has 0 spiro atoms. The number of piperazine rings is 2. The molecule has 4 saturated heterocycles. The lowest BCUT2D eigenvalue weighted by Gasteiger charge is -2.34. The highest BCUT2D eigenvalue weighted by atomic mass is 35.5. The predicted octanol–water partition coefficient (Wildman–Crippen LogP) is 8.97. The van der Waals surface area contributed by atoms with Crippen LogP contribution in [0.2, 0.25) is 5.02 Å². The second-order valence-electron chi connectivity index (χ2n) is 19.1. The molecule has 25 heteroatoms. The number of halogens is 1. The lowest BCUT2D eigenvalue weighted by Crippen LogP contribution is -2.44. The summed E-state index contributed by atoms with van der Waals surface area (Å²) in [6.45, 7) is 11.1. The monoisotopic (exact) mass is 1160 g/mol. The number of nitro groups is 2. The van der Waals surface area contributed by atoms with E-state index in [0.717, 1.165) is 130 Å². The first-order valence-electron chi connectivity index (χ1n) is 25.3. The van der Waals surface area contributed by atoms with Gasteiger partial charge in [0.25, 0.3) is 11.4 Å². The standard InChI is InChI=1S/C26H31N7O4S.C21H21ClN6O3S.C5H11NO.3CH4/c1-30-12-14-31(15-13-30)19-5-3-18(4-6-19)28-26-29-25(27)24(38-26)23(35)17-2-7-21(22(16-17)33(36)37)32-10-8-20(34)9-11-32;1-26-8-10-27(11-9-26)15-5-3-14(4-6-15)24-21-25-20(23)19(32-21)18(29)13-2-7-16(22)17(12-13)28(30)31;7-5-1-3-6-4-2-5;;;/h2-7,16,20,34H,8-15,27H2,1H3,(H,28,29);2-7,12H,8-11,23H2,1H3,(H,24,25);5-7H,1-4H2;3*1H4. The van der Waals surface area contributed by atoms with Gasteiger partial charge >= 0.3 is 0 Å². The molecule has 22 nitrogen and oxygen atoms in total. The fourth-order valence-electron chi connectivity index (χ4n) is 9.03. The van der Waals surface area contributed by atoms with Crippen molar-refractivity contribution < 1.29 is 29.6 Å². The molecule has 0 amide bonds. The van der Waals surface area contributed by atoms with Crippen molar-refractivity contribution in [3.8, 4) is 0 Å². The Hall–Kier alpha value is -7.03. The number of aliphatic hydroxyl groups is 2. The van der Waals surface area contributed by atoms with Crippen molar-refractivity contribution in [1.29, 1.82) is 0 Å². The number of anilines is 9. The number of hydrogen-bond acceptors (Lipinski definition) is 22. The number of nitrogen functional groups attached to an aromatic ring is 2. The van der Waals surface area contributed by atoms with E-state index < -0.39 is 27.5 Å². The van der Waals surface area contributed by atoms with Gasteiger partial charge < -0.3 is 62.1 Å². The van der Waals surface area contributed by atoms with Crippen LogP contribution < -0.4 is 42.1 Å². The smallest absolute Gasteiger partial charge is 0.293 e. The maximum Gasteiger partial charge on any atom is 0.293 e. The van der Waals surface area contributed by atoms with Crippen LogP contribution in [0, 0.1) is 20.2 Å². The van der Waals surface area contributed by atoms with Crippen molar-refractivity contribution in [2.75, 3.05) is 129 Å². The largest absolute Gasteiger partial charge is 0.393 e. The van der Waals surface area contributed by atoms with E-state index in [-0.39, 0.29) is 77.3 Å². The molecule has 2 aromatic heterocycles. The average molecular weight is 1160 g/mol. The van der Waals surface area contributed by atoms with Crippen LogP contribution in [0.3, 0.4) is 0 Å². The van der Waals surface area contributed by atoms with E-state index in [9.17, 15) is 34.9 Å². The number of nitrogens with one attached hydrogen (secondary N) is 3. The molecule has 6 aromatic rings. The lowest BCUT2D eigenvalue weighted by atomic mass is 10.0. The molecule has 4 fully saturated rings. The van der Waals surface area contributed by atoms with E-state index in [4.69, 9.17) is 28.2 Å². The van der Waals surface area contributed by atoms with Gasteiger partial charge in [-0.25, -0.2) is 9.97 Å². The van der Waals surface area contributed by atoms with Gasteiger partial charge in [-0.15, -0.1) is 0 Å². The second-order valence-corrected chi connectivity index (χ2v) is 21.5. The zero-order chi connectivity index (χ0) is 54.8. The van der Waals surface area contributed by atoms with E-state index in [0.29, 0.717) is 41.9 Å². The molecule has 4 aliphatic heterocycles. The van der Waals surface area contributed by atoms with Crippen molar-refractivity contribution in [2.45, 2.75) is 60.2 Å². The van der Waals surface area contributed by atoms with Gasteiger partial charge in [-0.2, -0.15) is 0 Å². The molecule has 0 saturated carbocycles. The highest BCUT2D eigenvalue weighted by Gasteiger charge is 2.28. The number of piperidine rings is 2.